The zero-order valence-electron chi connectivity index (χ0n) is 10.0. The van der Waals surface area contributed by atoms with Crippen molar-refractivity contribution in [2.24, 2.45) is 5.73 Å². The van der Waals surface area contributed by atoms with Crippen LogP contribution < -0.4 is 11.1 Å². The van der Waals surface area contributed by atoms with E-state index < -0.39 is 5.54 Å². The number of hydrogen-bond acceptors (Lipinski definition) is 4. The molecule has 0 spiro atoms. The number of aromatic nitrogens is 1. The summed E-state index contributed by atoms with van der Waals surface area (Å²) in [6.07, 6.45) is 1.69. The van der Waals surface area contributed by atoms with Gasteiger partial charge in [-0.1, -0.05) is 6.07 Å². The van der Waals surface area contributed by atoms with Crippen LogP contribution in [0.3, 0.4) is 0 Å². The molecule has 1 amide bonds. The van der Waals surface area contributed by atoms with Gasteiger partial charge in [-0.15, -0.1) is 0 Å². The quantitative estimate of drug-likeness (QED) is 0.752. The smallest absolute Gasteiger partial charge is 0.243 e. The summed E-state index contributed by atoms with van der Waals surface area (Å²) in [6.45, 7) is 5.19. The van der Waals surface area contributed by atoms with E-state index in [1.165, 1.54) is 0 Å². The highest BCUT2D eigenvalue weighted by molar-refractivity contribution is 5.85. The van der Waals surface area contributed by atoms with Crippen LogP contribution in [-0.4, -0.2) is 42.0 Å². The molecule has 1 saturated heterocycles. The number of carbonyl (C=O) groups excluding carboxylic acids is 1. The van der Waals surface area contributed by atoms with Crippen LogP contribution in [0.25, 0.3) is 0 Å². The molecule has 3 N–H and O–H groups in total. The molecule has 0 saturated carbocycles. The molecule has 0 bridgehead atoms. The zero-order valence-corrected chi connectivity index (χ0v) is 10.0. The minimum atomic E-state index is -0.816. The van der Waals surface area contributed by atoms with Gasteiger partial charge in [-0.3, -0.25) is 14.7 Å². The van der Waals surface area contributed by atoms with E-state index in [0.717, 1.165) is 31.9 Å². The molecule has 1 fully saturated rings. The highest BCUT2D eigenvalue weighted by Crippen LogP contribution is 2.26. The minimum absolute atomic E-state index is 0.349. The number of pyridine rings is 1. The molecule has 1 aromatic rings. The lowest BCUT2D eigenvalue weighted by Crippen LogP contribution is -2.58. The minimum Gasteiger partial charge on any atom is -0.368 e. The van der Waals surface area contributed by atoms with E-state index in [1.807, 2.05) is 25.1 Å². The van der Waals surface area contributed by atoms with Gasteiger partial charge in [-0.05, 0) is 19.1 Å². The fourth-order valence-corrected chi connectivity index (χ4v) is 2.21. The molecule has 5 heteroatoms. The van der Waals surface area contributed by atoms with Crippen LogP contribution in [-0.2, 0) is 10.3 Å². The van der Waals surface area contributed by atoms with Gasteiger partial charge >= 0.3 is 0 Å². The number of carbonyl (C=O) groups is 1. The second-order valence-corrected chi connectivity index (χ2v) is 4.39. The second kappa shape index (κ2) is 4.81. The van der Waals surface area contributed by atoms with Crippen molar-refractivity contribution in [1.29, 1.82) is 0 Å². The lowest BCUT2D eigenvalue weighted by Gasteiger charge is -2.40. The van der Waals surface area contributed by atoms with E-state index in [4.69, 9.17) is 5.73 Å². The Morgan fingerprint density at radius 1 is 1.47 bits per heavy atom. The molecule has 1 aromatic heterocycles. The Hall–Kier alpha value is -1.46. The Labute approximate surface area is 101 Å². The van der Waals surface area contributed by atoms with E-state index in [1.54, 1.807) is 6.20 Å². The number of hydrogen-bond donors (Lipinski definition) is 2. The van der Waals surface area contributed by atoms with Gasteiger partial charge in [0.25, 0.3) is 0 Å². The Kier molecular flexibility index (Phi) is 3.40. The SMILES string of the molecule is CC(C(N)=O)(c1ccccn1)N1CCNCC1. The molecule has 1 aliphatic rings. The average molecular weight is 234 g/mol. The van der Waals surface area contributed by atoms with E-state index >= 15 is 0 Å². The van der Waals surface area contributed by atoms with Gasteiger partial charge in [-0.2, -0.15) is 0 Å². The molecule has 0 aliphatic carbocycles. The summed E-state index contributed by atoms with van der Waals surface area (Å²) in [5.41, 5.74) is 5.49. The summed E-state index contributed by atoms with van der Waals surface area (Å²) >= 11 is 0. The molecule has 1 unspecified atom stereocenters. The molecular weight excluding hydrogens is 216 g/mol. The normalized spacial score (nSPS) is 20.8. The summed E-state index contributed by atoms with van der Waals surface area (Å²) in [4.78, 5) is 18.2. The molecule has 0 radical (unpaired) electrons. The summed E-state index contributed by atoms with van der Waals surface area (Å²) in [5.74, 6) is -0.349. The molecule has 1 aliphatic heterocycles. The average Bonchev–Trinajstić information content (AvgIpc) is 2.39. The molecule has 1 atom stereocenters. The van der Waals surface area contributed by atoms with E-state index in [2.05, 4.69) is 15.2 Å². The fourth-order valence-electron chi connectivity index (χ4n) is 2.21. The van der Waals surface area contributed by atoms with Crippen molar-refractivity contribution in [1.82, 2.24) is 15.2 Å². The number of piperazine rings is 1. The molecule has 17 heavy (non-hydrogen) atoms. The highest BCUT2D eigenvalue weighted by atomic mass is 16.1. The standard InChI is InChI=1S/C12H18N4O/c1-12(11(13)17,10-4-2-3-5-15-10)16-8-6-14-7-9-16/h2-5,14H,6-9H2,1H3,(H2,13,17). The molecule has 5 nitrogen and oxygen atoms in total. The van der Waals surface area contributed by atoms with Gasteiger partial charge in [0.1, 0.15) is 5.54 Å². The third kappa shape index (κ3) is 2.16. The van der Waals surface area contributed by atoms with E-state index in [-0.39, 0.29) is 5.91 Å². The summed E-state index contributed by atoms with van der Waals surface area (Å²) in [6, 6.07) is 5.57. The number of nitrogens with one attached hydrogen (secondary N) is 1. The van der Waals surface area contributed by atoms with E-state index in [9.17, 15) is 4.79 Å². The van der Waals surface area contributed by atoms with Gasteiger partial charge in [-0.25, -0.2) is 0 Å². The number of nitrogens with zero attached hydrogens (tertiary/aromatic N) is 2. The van der Waals surface area contributed by atoms with Crippen molar-refractivity contribution >= 4 is 5.91 Å². The largest absolute Gasteiger partial charge is 0.368 e. The first-order chi connectivity index (χ1) is 8.15. The molecule has 0 aromatic carbocycles. The first kappa shape index (κ1) is 12.0. The third-order valence-corrected chi connectivity index (χ3v) is 3.39. The van der Waals surface area contributed by atoms with Crippen molar-refractivity contribution in [3.05, 3.63) is 30.1 Å². The van der Waals surface area contributed by atoms with Crippen molar-refractivity contribution in [3.63, 3.8) is 0 Å². The zero-order chi connectivity index (χ0) is 12.3. The predicted octanol–water partition coefficient (Wildman–Crippen LogP) is -0.313. The summed E-state index contributed by atoms with van der Waals surface area (Å²) < 4.78 is 0. The Bertz CT molecular complexity index is 389. The Morgan fingerprint density at radius 2 is 2.18 bits per heavy atom. The maximum atomic E-state index is 11.8. The topological polar surface area (TPSA) is 71.2 Å². The van der Waals surface area contributed by atoms with Crippen LogP contribution in [0.15, 0.2) is 24.4 Å². The van der Waals surface area contributed by atoms with Gasteiger partial charge in [0.05, 0.1) is 5.69 Å². The molecular formula is C12H18N4O. The third-order valence-electron chi connectivity index (χ3n) is 3.39. The van der Waals surface area contributed by atoms with Gasteiger partial charge in [0.2, 0.25) is 5.91 Å². The van der Waals surface area contributed by atoms with Gasteiger partial charge in [0, 0.05) is 32.4 Å². The van der Waals surface area contributed by atoms with Crippen LogP contribution in [0.2, 0.25) is 0 Å². The van der Waals surface area contributed by atoms with Crippen LogP contribution >= 0.6 is 0 Å². The maximum Gasteiger partial charge on any atom is 0.243 e. The van der Waals surface area contributed by atoms with Crippen molar-refractivity contribution in [2.45, 2.75) is 12.5 Å². The van der Waals surface area contributed by atoms with Crippen molar-refractivity contribution in [2.75, 3.05) is 26.2 Å². The second-order valence-electron chi connectivity index (χ2n) is 4.39. The summed E-state index contributed by atoms with van der Waals surface area (Å²) in [5, 5.41) is 3.26. The van der Waals surface area contributed by atoms with Crippen LogP contribution in [0.1, 0.15) is 12.6 Å². The number of amides is 1. The Morgan fingerprint density at radius 3 is 2.71 bits per heavy atom. The fraction of sp³-hybridized carbons (Fsp3) is 0.500. The summed E-state index contributed by atoms with van der Waals surface area (Å²) in [7, 11) is 0. The highest BCUT2D eigenvalue weighted by Gasteiger charge is 2.41. The number of rotatable bonds is 3. The molecule has 2 rings (SSSR count). The Balaban J connectivity index is 2.35. The lowest BCUT2D eigenvalue weighted by atomic mass is 9.93. The first-order valence-electron chi connectivity index (χ1n) is 5.83. The monoisotopic (exact) mass is 234 g/mol. The van der Waals surface area contributed by atoms with Gasteiger partial charge in [0.15, 0.2) is 0 Å². The molecule has 2 heterocycles. The van der Waals surface area contributed by atoms with Crippen LogP contribution in [0.4, 0.5) is 0 Å². The number of nitrogens with two attached hydrogens (primary N) is 1. The number of primary amides is 1. The lowest BCUT2D eigenvalue weighted by molar-refractivity contribution is -0.130. The first-order valence-corrected chi connectivity index (χ1v) is 5.83. The maximum absolute atomic E-state index is 11.8. The van der Waals surface area contributed by atoms with Crippen LogP contribution in [0, 0.1) is 0 Å². The van der Waals surface area contributed by atoms with Crippen molar-refractivity contribution < 1.29 is 4.79 Å². The van der Waals surface area contributed by atoms with Gasteiger partial charge < -0.3 is 11.1 Å². The van der Waals surface area contributed by atoms with E-state index in [0.29, 0.717) is 0 Å². The van der Waals surface area contributed by atoms with Crippen LogP contribution in [0.5, 0.6) is 0 Å². The molecule has 92 valence electrons. The van der Waals surface area contributed by atoms with Crippen molar-refractivity contribution in [3.8, 4) is 0 Å². The predicted molar refractivity (Wildman–Crippen MR) is 65.2 cm³/mol.